The number of hydrogen-bond donors (Lipinski definition) is 0. The van der Waals surface area contributed by atoms with Crippen LogP contribution in [0.25, 0.3) is 5.76 Å². The second-order valence-corrected chi connectivity index (χ2v) is 3.39. The largest absolute Gasteiger partial charge is 0.494 e. The van der Waals surface area contributed by atoms with Gasteiger partial charge in [-0.15, -0.1) is 0 Å². The first-order valence-electron chi connectivity index (χ1n) is 5.36. The quantitative estimate of drug-likeness (QED) is 0.542. The van der Waals surface area contributed by atoms with Crippen molar-refractivity contribution in [3.63, 3.8) is 0 Å². The molecule has 17 heavy (non-hydrogen) atoms. The molecule has 0 aliphatic heterocycles. The van der Waals surface area contributed by atoms with Crippen LogP contribution in [0, 0.1) is 0 Å². The standard InChI is InChI=1S/C12H15F2NO2/c1-3-4-7-16-9(2)10-5-6-11(15-8-10)17-12(13)14/h5-6,8,12H,2-4,7H2,1H3. The molecule has 0 radical (unpaired) electrons. The van der Waals surface area contributed by atoms with Gasteiger partial charge in [0, 0.05) is 17.8 Å². The summed E-state index contributed by atoms with van der Waals surface area (Å²) in [6, 6.07) is 2.94. The monoisotopic (exact) mass is 243 g/mol. The number of aromatic nitrogens is 1. The van der Waals surface area contributed by atoms with Crippen LogP contribution < -0.4 is 4.74 Å². The van der Waals surface area contributed by atoms with Gasteiger partial charge in [-0.2, -0.15) is 8.78 Å². The number of halogens is 2. The average molecular weight is 243 g/mol. The van der Waals surface area contributed by atoms with Gasteiger partial charge in [-0.05, 0) is 12.5 Å². The summed E-state index contributed by atoms with van der Waals surface area (Å²) in [4.78, 5) is 3.73. The third-order valence-electron chi connectivity index (χ3n) is 2.04. The number of pyridine rings is 1. The summed E-state index contributed by atoms with van der Waals surface area (Å²) in [5, 5.41) is 0. The van der Waals surface area contributed by atoms with E-state index in [2.05, 4.69) is 23.2 Å². The molecule has 0 aliphatic carbocycles. The van der Waals surface area contributed by atoms with Gasteiger partial charge in [0.2, 0.25) is 5.88 Å². The molecule has 0 amide bonds. The van der Waals surface area contributed by atoms with Crippen LogP contribution in [0.2, 0.25) is 0 Å². The van der Waals surface area contributed by atoms with Crippen molar-refractivity contribution in [3.05, 3.63) is 30.5 Å². The fraction of sp³-hybridized carbons (Fsp3) is 0.417. The summed E-state index contributed by atoms with van der Waals surface area (Å²) in [7, 11) is 0. The van der Waals surface area contributed by atoms with Crippen molar-refractivity contribution < 1.29 is 18.3 Å². The van der Waals surface area contributed by atoms with E-state index in [9.17, 15) is 8.78 Å². The lowest BCUT2D eigenvalue weighted by atomic mass is 10.2. The summed E-state index contributed by atoms with van der Waals surface area (Å²) in [5.41, 5.74) is 0.655. The Morgan fingerprint density at radius 1 is 1.47 bits per heavy atom. The lowest BCUT2D eigenvalue weighted by Crippen LogP contribution is -2.03. The van der Waals surface area contributed by atoms with Gasteiger partial charge in [-0.1, -0.05) is 19.9 Å². The zero-order valence-electron chi connectivity index (χ0n) is 9.66. The molecule has 0 saturated carbocycles. The molecule has 1 aromatic rings. The first-order valence-corrected chi connectivity index (χ1v) is 5.36. The Balaban J connectivity index is 2.52. The van der Waals surface area contributed by atoms with E-state index in [4.69, 9.17) is 4.74 Å². The van der Waals surface area contributed by atoms with E-state index in [0.29, 0.717) is 17.9 Å². The van der Waals surface area contributed by atoms with Crippen molar-refractivity contribution in [3.8, 4) is 5.88 Å². The summed E-state index contributed by atoms with van der Waals surface area (Å²) in [5.74, 6) is 0.361. The minimum Gasteiger partial charge on any atom is -0.494 e. The number of ether oxygens (including phenoxy) is 2. The van der Waals surface area contributed by atoms with Gasteiger partial charge >= 0.3 is 6.61 Å². The van der Waals surface area contributed by atoms with E-state index in [-0.39, 0.29) is 5.88 Å². The number of alkyl halides is 2. The molecule has 5 heteroatoms. The Bertz CT molecular complexity index is 352. The average Bonchev–Trinajstić information content (AvgIpc) is 2.29. The second-order valence-electron chi connectivity index (χ2n) is 3.39. The van der Waals surface area contributed by atoms with E-state index < -0.39 is 6.61 Å². The predicted octanol–water partition coefficient (Wildman–Crippen LogP) is 3.47. The molecule has 0 aromatic carbocycles. The highest BCUT2D eigenvalue weighted by molar-refractivity contribution is 5.56. The maximum absolute atomic E-state index is 11.9. The lowest BCUT2D eigenvalue weighted by molar-refractivity contribution is -0.0528. The van der Waals surface area contributed by atoms with Crippen LogP contribution in [0.5, 0.6) is 5.88 Å². The second kappa shape index (κ2) is 6.83. The van der Waals surface area contributed by atoms with E-state index in [1.807, 2.05) is 0 Å². The highest BCUT2D eigenvalue weighted by Gasteiger charge is 2.06. The minimum absolute atomic E-state index is 0.120. The molecule has 94 valence electrons. The van der Waals surface area contributed by atoms with Crippen LogP contribution >= 0.6 is 0 Å². The van der Waals surface area contributed by atoms with Gasteiger partial charge in [0.15, 0.2) is 0 Å². The fourth-order valence-electron chi connectivity index (χ4n) is 1.13. The highest BCUT2D eigenvalue weighted by atomic mass is 19.3. The molecule has 1 aromatic heterocycles. The van der Waals surface area contributed by atoms with Crippen LogP contribution in [-0.4, -0.2) is 18.2 Å². The third kappa shape index (κ3) is 4.80. The topological polar surface area (TPSA) is 31.4 Å². The molecule has 0 fully saturated rings. The summed E-state index contributed by atoms with van der Waals surface area (Å²) < 4.78 is 33.3. The van der Waals surface area contributed by atoms with Crippen molar-refractivity contribution in [2.45, 2.75) is 26.4 Å². The zero-order valence-corrected chi connectivity index (χ0v) is 9.66. The van der Waals surface area contributed by atoms with Crippen molar-refractivity contribution in [1.29, 1.82) is 0 Å². The van der Waals surface area contributed by atoms with Gasteiger partial charge in [-0.25, -0.2) is 4.98 Å². The maximum atomic E-state index is 11.9. The Morgan fingerprint density at radius 3 is 2.76 bits per heavy atom. The molecule has 0 atom stereocenters. The molecular formula is C12H15F2NO2. The first kappa shape index (κ1) is 13.4. The minimum atomic E-state index is -2.86. The number of nitrogens with zero attached hydrogens (tertiary/aromatic N) is 1. The summed E-state index contributed by atoms with van der Waals surface area (Å²) in [6.07, 6.45) is 3.37. The molecule has 0 unspecified atom stereocenters. The Hall–Kier alpha value is -1.65. The Labute approximate surface area is 99.1 Å². The number of hydrogen-bond acceptors (Lipinski definition) is 3. The van der Waals surface area contributed by atoms with E-state index in [0.717, 1.165) is 12.8 Å². The first-order chi connectivity index (χ1) is 8.13. The summed E-state index contributed by atoms with van der Waals surface area (Å²) in [6.45, 7) is 3.52. The smallest absolute Gasteiger partial charge is 0.388 e. The van der Waals surface area contributed by atoms with Gasteiger partial charge < -0.3 is 9.47 Å². The molecule has 3 nitrogen and oxygen atoms in total. The molecule has 0 saturated heterocycles. The maximum Gasteiger partial charge on any atom is 0.388 e. The van der Waals surface area contributed by atoms with Gasteiger partial charge in [0.05, 0.1) is 6.61 Å². The number of rotatable bonds is 7. The lowest BCUT2D eigenvalue weighted by Gasteiger charge is -2.09. The van der Waals surface area contributed by atoms with Gasteiger partial charge in [0.1, 0.15) is 5.76 Å². The zero-order chi connectivity index (χ0) is 12.7. The van der Waals surface area contributed by atoms with Crippen LogP contribution in [-0.2, 0) is 4.74 Å². The predicted molar refractivity (Wildman–Crippen MR) is 60.8 cm³/mol. The molecule has 0 bridgehead atoms. The van der Waals surface area contributed by atoms with Crippen LogP contribution in [0.4, 0.5) is 8.78 Å². The third-order valence-corrected chi connectivity index (χ3v) is 2.04. The molecule has 0 aliphatic rings. The van der Waals surface area contributed by atoms with E-state index >= 15 is 0 Å². The summed E-state index contributed by atoms with van der Waals surface area (Å²) >= 11 is 0. The Morgan fingerprint density at radius 2 is 2.24 bits per heavy atom. The highest BCUT2D eigenvalue weighted by Crippen LogP contribution is 2.17. The van der Waals surface area contributed by atoms with Crippen LogP contribution in [0.1, 0.15) is 25.3 Å². The molecule has 1 rings (SSSR count). The van der Waals surface area contributed by atoms with Gasteiger partial charge in [0.25, 0.3) is 0 Å². The van der Waals surface area contributed by atoms with Crippen molar-refractivity contribution in [2.24, 2.45) is 0 Å². The SMILES string of the molecule is C=C(OCCCC)c1ccc(OC(F)F)nc1. The van der Waals surface area contributed by atoms with Crippen molar-refractivity contribution >= 4 is 5.76 Å². The molecule has 1 heterocycles. The molecular weight excluding hydrogens is 228 g/mol. The van der Waals surface area contributed by atoms with Gasteiger partial charge in [-0.3, -0.25) is 0 Å². The fourth-order valence-corrected chi connectivity index (χ4v) is 1.13. The van der Waals surface area contributed by atoms with Crippen LogP contribution in [0.3, 0.4) is 0 Å². The molecule has 0 spiro atoms. The number of unbranched alkanes of at least 4 members (excludes halogenated alkanes) is 1. The Kier molecular flexibility index (Phi) is 5.39. The van der Waals surface area contributed by atoms with Crippen LogP contribution in [0.15, 0.2) is 24.9 Å². The molecule has 0 N–H and O–H groups in total. The normalized spacial score (nSPS) is 10.4. The van der Waals surface area contributed by atoms with Crippen molar-refractivity contribution in [1.82, 2.24) is 4.98 Å². The van der Waals surface area contributed by atoms with Crippen molar-refractivity contribution in [2.75, 3.05) is 6.61 Å². The van der Waals surface area contributed by atoms with E-state index in [1.54, 1.807) is 6.07 Å². The van der Waals surface area contributed by atoms with E-state index in [1.165, 1.54) is 12.3 Å².